The van der Waals surface area contributed by atoms with Crippen LogP contribution in [0.3, 0.4) is 0 Å². The second kappa shape index (κ2) is 13.0. The smallest absolute Gasteiger partial charge is 0.249 e. The van der Waals surface area contributed by atoms with Crippen LogP contribution < -0.4 is 5.32 Å². The number of nitrogens with zero attached hydrogens (tertiary/aromatic N) is 3. The van der Waals surface area contributed by atoms with Crippen molar-refractivity contribution in [2.45, 2.75) is 91.9 Å². The number of hydrogen-bond donors (Lipinski definition) is 1. The Balaban J connectivity index is 2.17. The molecule has 0 bridgehead atoms. The molecule has 1 N–H and O–H groups in total. The maximum atomic E-state index is 13.6. The molecule has 0 aromatic carbocycles. The molecule has 3 atom stereocenters. The zero-order valence-corrected chi connectivity index (χ0v) is 23.3. The molecule has 0 saturated carbocycles. The maximum absolute atomic E-state index is 13.6. The summed E-state index contributed by atoms with van der Waals surface area (Å²) < 4.78 is 0. The molecule has 2 saturated heterocycles. The van der Waals surface area contributed by atoms with Crippen LogP contribution in [0, 0.1) is 11.8 Å². The fraction of sp³-hybridized carbons (Fsp3) is 0.808. The minimum Gasteiger partial charge on any atom is -0.343 e. The highest BCUT2D eigenvalue weighted by molar-refractivity contribution is 7.99. The van der Waals surface area contributed by atoms with Gasteiger partial charge >= 0.3 is 0 Å². The van der Waals surface area contributed by atoms with Crippen molar-refractivity contribution in [3.05, 3.63) is 11.6 Å². The number of hydrogen-bond acceptors (Lipinski definition) is 5. The number of likely N-dealkylation sites (N-methyl/N-ethyl adjacent to an activating group) is 1. The van der Waals surface area contributed by atoms with E-state index in [4.69, 9.17) is 0 Å². The van der Waals surface area contributed by atoms with Crippen LogP contribution >= 0.6 is 11.8 Å². The lowest BCUT2D eigenvalue weighted by Crippen LogP contribution is -2.58. The summed E-state index contributed by atoms with van der Waals surface area (Å²) in [5.41, 5.74) is 0.667. The Labute approximate surface area is 211 Å². The van der Waals surface area contributed by atoms with Crippen LogP contribution in [-0.4, -0.2) is 88.4 Å². The van der Waals surface area contributed by atoms with Crippen LogP contribution in [0.25, 0.3) is 0 Å². The highest BCUT2D eigenvalue weighted by atomic mass is 32.2. The molecule has 2 heterocycles. The molecule has 2 aliphatic heterocycles. The van der Waals surface area contributed by atoms with Crippen molar-refractivity contribution in [3.63, 3.8) is 0 Å². The molecule has 0 aromatic rings. The molecule has 0 radical (unpaired) electrons. The quantitative estimate of drug-likeness (QED) is 0.498. The molecular formula is C26H46N4O3S. The summed E-state index contributed by atoms with van der Waals surface area (Å²) in [5, 5.41) is 3.10. The molecule has 3 amide bonds. The minimum atomic E-state index is -0.603. The Hall–Kier alpha value is -1.54. The fourth-order valence-electron chi connectivity index (χ4n) is 4.89. The van der Waals surface area contributed by atoms with E-state index in [1.807, 2.05) is 31.7 Å². The molecule has 0 aliphatic carbocycles. The van der Waals surface area contributed by atoms with E-state index in [1.165, 1.54) is 0 Å². The molecule has 2 rings (SSSR count). The Morgan fingerprint density at radius 1 is 1.03 bits per heavy atom. The van der Waals surface area contributed by atoms with Gasteiger partial charge in [-0.3, -0.25) is 19.3 Å². The monoisotopic (exact) mass is 494 g/mol. The number of rotatable bonds is 9. The first-order valence-corrected chi connectivity index (χ1v) is 14.0. The third-order valence-corrected chi connectivity index (χ3v) is 7.98. The largest absolute Gasteiger partial charge is 0.343 e. The molecule has 7 nitrogen and oxygen atoms in total. The van der Waals surface area contributed by atoms with Gasteiger partial charge in [-0.2, -0.15) is 0 Å². The Bertz CT molecular complexity index is 746. The maximum Gasteiger partial charge on any atom is 0.249 e. The van der Waals surface area contributed by atoms with Gasteiger partial charge in [0.15, 0.2) is 0 Å². The Morgan fingerprint density at radius 3 is 2.24 bits per heavy atom. The van der Waals surface area contributed by atoms with E-state index in [2.05, 4.69) is 37.9 Å². The second-order valence-corrected chi connectivity index (χ2v) is 11.8. The van der Waals surface area contributed by atoms with E-state index in [-0.39, 0.29) is 47.7 Å². The molecule has 34 heavy (non-hydrogen) atoms. The van der Waals surface area contributed by atoms with Gasteiger partial charge in [0.25, 0.3) is 0 Å². The summed E-state index contributed by atoms with van der Waals surface area (Å²) >= 11 is 1.76. The lowest BCUT2D eigenvalue weighted by Gasteiger charge is -2.39. The van der Waals surface area contributed by atoms with Crippen molar-refractivity contribution in [1.82, 2.24) is 20.0 Å². The van der Waals surface area contributed by atoms with Gasteiger partial charge < -0.3 is 15.1 Å². The third kappa shape index (κ3) is 7.23. The SMILES string of the molecule is C/C(=C\[C@H](C(C)C)N(C)C(=O)C(NC(=O)[C@H]1CCCCN1C(C)C)C(C)C)C(=O)N1CCSC1. The molecule has 8 heteroatoms. The number of nitrogens with one attached hydrogen (secondary N) is 1. The summed E-state index contributed by atoms with van der Waals surface area (Å²) in [5.74, 6) is 1.65. The number of likely N-dealkylation sites (tertiary alicyclic amines) is 1. The topological polar surface area (TPSA) is 73.0 Å². The number of piperidine rings is 1. The van der Waals surface area contributed by atoms with Crippen LogP contribution in [0.2, 0.25) is 0 Å². The van der Waals surface area contributed by atoms with Gasteiger partial charge in [-0.15, -0.1) is 11.8 Å². The summed E-state index contributed by atoms with van der Waals surface area (Å²) in [6, 6.07) is -0.732. The molecule has 0 aromatic heterocycles. The molecule has 1 unspecified atom stereocenters. The van der Waals surface area contributed by atoms with E-state index in [1.54, 1.807) is 23.7 Å². The number of carbonyl (C=O) groups excluding carboxylic acids is 3. The number of thioether (sulfide) groups is 1. The van der Waals surface area contributed by atoms with Crippen molar-refractivity contribution in [2.75, 3.05) is 31.8 Å². The predicted molar refractivity (Wildman–Crippen MR) is 140 cm³/mol. The van der Waals surface area contributed by atoms with Gasteiger partial charge in [0.2, 0.25) is 17.7 Å². The van der Waals surface area contributed by atoms with Crippen LogP contribution in [0.4, 0.5) is 0 Å². The first kappa shape index (κ1) is 28.7. The lowest BCUT2D eigenvalue weighted by atomic mass is 9.95. The standard InChI is InChI=1S/C26H46N4O3S/c1-17(2)22(15-20(7)25(32)29-13-14-34-16-29)28(8)26(33)23(18(3)4)27-24(31)21-11-9-10-12-30(21)19(5)6/h15,17-19,21-23H,9-14,16H2,1-8H3,(H,27,31)/b20-15+/t21-,22-,23?/m1/s1. The Kier molecular flexibility index (Phi) is 10.9. The van der Waals surface area contributed by atoms with Crippen molar-refractivity contribution in [2.24, 2.45) is 11.8 Å². The molecule has 2 aliphatic rings. The van der Waals surface area contributed by atoms with Gasteiger partial charge in [0, 0.05) is 31.0 Å². The van der Waals surface area contributed by atoms with E-state index in [0.29, 0.717) is 5.57 Å². The van der Waals surface area contributed by atoms with Crippen LogP contribution in [0.5, 0.6) is 0 Å². The summed E-state index contributed by atoms with van der Waals surface area (Å²) in [6.45, 7) is 15.8. The summed E-state index contributed by atoms with van der Waals surface area (Å²) in [4.78, 5) is 45.6. The third-order valence-electron chi connectivity index (χ3n) is 7.02. The number of amides is 3. The molecule has 2 fully saturated rings. The van der Waals surface area contributed by atoms with Crippen molar-refractivity contribution < 1.29 is 14.4 Å². The Morgan fingerprint density at radius 2 is 1.71 bits per heavy atom. The highest BCUT2D eigenvalue weighted by Crippen LogP contribution is 2.22. The lowest BCUT2D eigenvalue weighted by molar-refractivity contribution is -0.140. The van der Waals surface area contributed by atoms with Crippen LogP contribution in [0.15, 0.2) is 11.6 Å². The average molecular weight is 495 g/mol. The van der Waals surface area contributed by atoms with Gasteiger partial charge in [0.05, 0.1) is 18.0 Å². The molecule has 0 spiro atoms. The van der Waals surface area contributed by atoms with Gasteiger partial charge in [-0.25, -0.2) is 0 Å². The van der Waals surface area contributed by atoms with Gasteiger partial charge in [0.1, 0.15) is 6.04 Å². The van der Waals surface area contributed by atoms with Crippen molar-refractivity contribution in [1.29, 1.82) is 0 Å². The normalized spacial score (nSPS) is 21.8. The van der Waals surface area contributed by atoms with Crippen molar-refractivity contribution >= 4 is 29.5 Å². The van der Waals surface area contributed by atoms with Crippen LogP contribution in [0.1, 0.15) is 67.7 Å². The first-order valence-electron chi connectivity index (χ1n) is 12.8. The van der Waals surface area contributed by atoms with E-state index in [0.717, 1.165) is 44.0 Å². The molecular weight excluding hydrogens is 448 g/mol. The zero-order valence-electron chi connectivity index (χ0n) is 22.5. The average Bonchev–Trinajstić information content (AvgIpc) is 3.33. The van der Waals surface area contributed by atoms with E-state index in [9.17, 15) is 14.4 Å². The zero-order chi connectivity index (χ0) is 25.6. The first-order chi connectivity index (χ1) is 16.0. The minimum absolute atomic E-state index is 0.0382. The van der Waals surface area contributed by atoms with Gasteiger partial charge in [-0.05, 0) is 52.0 Å². The molecule has 194 valence electrons. The van der Waals surface area contributed by atoms with E-state index < -0.39 is 6.04 Å². The predicted octanol–water partition coefficient (Wildman–Crippen LogP) is 3.35. The fourth-order valence-corrected chi connectivity index (χ4v) is 5.83. The summed E-state index contributed by atoms with van der Waals surface area (Å²) in [6.07, 6.45) is 4.89. The van der Waals surface area contributed by atoms with Crippen LogP contribution in [-0.2, 0) is 14.4 Å². The second-order valence-electron chi connectivity index (χ2n) is 10.7. The number of carbonyl (C=O) groups is 3. The summed E-state index contributed by atoms with van der Waals surface area (Å²) in [7, 11) is 1.79. The highest BCUT2D eigenvalue weighted by Gasteiger charge is 2.36. The van der Waals surface area contributed by atoms with Crippen molar-refractivity contribution in [3.8, 4) is 0 Å². The van der Waals surface area contributed by atoms with E-state index >= 15 is 0 Å². The van der Waals surface area contributed by atoms with Gasteiger partial charge in [-0.1, -0.05) is 40.2 Å².